The lowest BCUT2D eigenvalue weighted by Crippen LogP contribution is -2.51. The molecule has 0 aromatic heterocycles. The Morgan fingerprint density at radius 2 is 1.81 bits per heavy atom. The second kappa shape index (κ2) is 14.0. The predicted molar refractivity (Wildman–Crippen MR) is 145 cm³/mol. The molecule has 0 bridgehead atoms. The summed E-state index contributed by atoms with van der Waals surface area (Å²) in [6, 6.07) is 13.1. The van der Waals surface area contributed by atoms with E-state index in [-0.39, 0.29) is 11.7 Å². The van der Waals surface area contributed by atoms with Gasteiger partial charge >= 0.3 is 0 Å². The van der Waals surface area contributed by atoms with Crippen molar-refractivity contribution in [2.24, 2.45) is 0 Å². The van der Waals surface area contributed by atoms with Crippen molar-refractivity contribution in [3.05, 3.63) is 66.2 Å². The van der Waals surface area contributed by atoms with E-state index in [0.29, 0.717) is 79.6 Å². The molecular formula is C30H41N2O5+. The van der Waals surface area contributed by atoms with Gasteiger partial charge in [0, 0.05) is 30.6 Å². The molecule has 0 radical (unpaired) electrons. The van der Waals surface area contributed by atoms with E-state index in [1.165, 1.54) is 0 Å². The molecule has 1 saturated heterocycles. The Hall–Kier alpha value is -3.16. The van der Waals surface area contributed by atoms with Crippen LogP contribution in [-0.2, 0) is 16.0 Å². The number of nitrogens with zero attached hydrogens (tertiary/aromatic N) is 2. The number of amides is 1. The zero-order valence-electron chi connectivity index (χ0n) is 22.5. The van der Waals surface area contributed by atoms with Crippen molar-refractivity contribution >= 4 is 11.7 Å². The number of unbranched alkanes of at least 4 members (excludes halogenated alkanes) is 1. The lowest BCUT2D eigenvalue weighted by atomic mass is 10.1. The molecule has 2 aromatic carbocycles. The van der Waals surface area contributed by atoms with Crippen LogP contribution >= 0.6 is 0 Å². The van der Waals surface area contributed by atoms with Gasteiger partial charge in [0.05, 0.1) is 40.5 Å². The number of ether oxygens (including phenoxy) is 3. The Morgan fingerprint density at radius 1 is 1.08 bits per heavy atom. The van der Waals surface area contributed by atoms with Gasteiger partial charge in [-0.05, 0) is 49.6 Å². The number of allylic oxidation sites excluding steroid dienone is 1. The van der Waals surface area contributed by atoms with Gasteiger partial charge in [0.25, 0.3) is 5.91 Å². The van der Waals surface area contributed by atoms with E-state index in [2.05, 4.69) is 20.7 Å². The van der Waals surface area contributed by atoms with Crippen LogP contribution in [0.1, 0.15) is 42.1 Å². The molecule has 0 N–H and O–H groups in total. The molecule has 1 heterocycles. The summed E-state index contributed by atoms with van der Waals surface area (Å²) in [6.07, 6.45) is 4.80. The maximum Gasteiger partial charge on any atom is 0.277 e. The standard InChI is InChI=1S/C30H41N2O5/c1-5-10-25-11-9-12-28(37-26-15-13-24(14-16-26)27(33)6-2)30(25)36-20-8-7-19-32(3,4)23-29(34)31-17-21-35-22-18-31/h5,9,11-16H,1,6-8,10,17-23H2,2-4H3/q+1. The summed E-state index contributed by atoms with van der Waals surface area (Å²) >= 11 is 0. The minimum absolute atomic E-state index is 0.107. The number of morpholine rings is 1. The molecule has 200 valence electrons. The first-order valence-electron chi connectivity index (χ1n) is 13.2. The van der Waals surface area contributed by atoms with E-state index in [4.69, 9.17) is 14.2 Å². The largest absolute Gasteiger partial charge is 0.489 e. The lowest BCUT2D eigenvalue weighted by molar-refractivity contribution is -0.883. The van der Waals surface area contributed by atoms with Crippen LogP contribution in [0.25, 0.3) is 0 Å². The molecule has 1 aliphatic rings. The maximum atomic E-state index is 12.6. The molecule has 0 spiro atoms. The fourth-order valence-corrected chi connectivity index (χ4v) is 4.34. The van der Waals surface area contributed by atoms with E-state index in [1.54, 1.807) is 12.1 Å². The Kier molecular flexibility index (Phi) is 10.7. The van der Waals surface area contributed by atoms with Crippen LogP contribution in [0.15, 0.2) is 55.1 Å². The van der Waals surface area contributed by atoms with Crippen molar-refractivity contribution in [2.75, 3.05) is 60.1 Å². The number of hydrogen-bond acceptors (Lipinski definition) is 5. The smallest absolute Gasteiger partial charge is 0.277 e. The van der Waals surface area contributed by atoms with Gasteiger partial charge in [-0.1, -0.05) is 25.1 Å². The SMILES string of the molecule is C=CCc1cccc(Oc2ccc(C(=O)CC)cc2)c1OCCCC[N+](C)(C)CC(=O)N1CCOCC1. The van der Waals surface area contributed by atoms with E-state index < -0.39 is 0 Å². The number of carbonyl (C=O) groups is 2. The highest BCUT2D eigenvalue weighted by molar-refractivity contribution is 5.95. The monoisotopic (exact) mass is 509 g/mol. The number of rotatable bonds is 14. The maximum absolute atomic E-state index is 12.6. The highest BCUT2D eigenvalue weighted by Gasteiger charge is 2.25. The normalized spacial score (nSPS) is 13.8. The Labute approximate surface area is 221 Å². The fourth-order valence-electron chi connectivity index (χ4n) is 4.34. The van der Waals surface area contributed by atoms with Gasteiger partial charge < -0.3 is 23.6 Å². The molecule has 0 unspecified atom stereocenters. The van der Waals surface area contributed by atoms with E-state index in [0.717, 1.165) is 24.9 Å². The second-order valence-electron chi connectivity index (χ2n) is 10.0. The highest BCUT2D eigenvalue weighted by Crippen LogP contribution is 2.35. The molecular weight excluding hydrogens is 468 g/mol. The van der Waals surface area contributed by atoms with Crippen LogP contribution < -0.4 is 9.47 Å². The van der Waals surface area contributed by atoms with Crippen LogP contribution in [0, 0.1) is 0 Å². The van der Waals surface area contributed by atoms with Crippen LogP contribution in [-0.4, -0.2) is 81.2 Å². The highest BCUT2D eigenvalue weighted by atomic mass is 16.5. The van der Waals surface area contributed by atoms with Crippen molar-refractivity contribution in [1.82, 2.24) is 4.90 Å². The molecule has 2 aromatic rings. The van der Waals surface area contributed by atoms with Crippen LogP contribution in [0.4, 0.5) is 0 Å². The second-order valence-corrected chi connectivity index (χ2v) is 10.0. The molecule has 0 saturated carbocycles. The van der Waals surface area contributed by atoms with E-state index >= 15 is 0 Å². The van der Waals surface area contributed by atoms with Gasteiger partial charge in [-0.3, -0.25) is 9.59 Å². The first-order chi connectivity index (χ1) is 17.8. The summed E-state index contributed by atoms with van der Waals surface area (Å²) < 4.78 is 18.4. The molecule has 1 aliphatic heterocycles. The van der Waals surface area contributed by atoms with Gasteiger partial charge in [0.2, 0.25) is 0 Å². The molecule has 37 heavy (non-hydrogen) atoms. The molecule has 1 amide bonds. The number of benzene rings is 2. The Morgan fingerprint density at radius 3 is 2.49 bits per heavy atom. The Bertz CT molecular complexity index is 1040. The van der Waals surface area contributed by atoms with Crippen molar-refractivity contribution in [3.8, 4) is 17.2 Å². The zero-order chi connectivity index (χ0) is 26.7. The lowest BCUT2D eigenvalue weighted by Gasteiger charge is -2.33. The van der Waals surface area contributed by atoms with Crippen LogP contribution in [0.3, 0.4) is 0 Å². The number of para-hydroxylation sites is 1. The summed E-state index contributed by atoms with van der Waals surface area (Å²) in [5.74, 6) is 2.30. The summed E-state index contributed by atoms with van der Waals surface area (Å²) in [5.41, 5.74) is 1.69. The van der Waals surface area contributed by atoms with Gasteiger partial charge in [0.1, 0.15) is 5.75 Å². The quantitative estimate of drug-likeness (QED) is 0.157. The molecule has 1 fully saturated rings. The minimum atomic E-state index is 0.107. The van der Waals surface area contributed by atoms with Crippen molar-refractivity contribution in [1.29, 1.82) is 0 Å². The van der Waals surface area contributed by atoms with E-state index in [1.807, 2.05) is 48.2 Å². The molecule has 0 aliphatic carbocycles. The number of quaternary nitrogens is 1. The van der Waals surface area contributed by atoms with E-state index in [9.17, 15) is 9.59 Å². The number of ketones is 1. The first kappa shape index (κ1) is 28.4. The van der Waals surface area contributed by atoms with Crippen LogP contribution in [0.2, 0.25) is 0 Å². The topological polar surface area (TPSA) is 65.1 Å². The summed E-state index contributed by atoms with van der Waals surface area (Å²) in [6.45, 7) is 10.3. The summed E-state index contributed by atoms with van der Waals surface area (Å²) in [4.78, 5) is 26.5. The molecule has 3 rings (SSSR count). The van der Waals surface area contributed by atoms with Crippen molar-refractivity contribution < 1.29 is 28.3 Å². The number of hydrogen-bond donors (Lipinski definition) is 0. The van der Waals surface area contributed by atoms with Crippen molar-refractivity contribution in [2.45, 2.75) is 32.6 Å². The molecule has 7 nitrogen and oxygen atoms in total. The first-order valence-corrected chi connectivity index (χ1v) is 13.2. The fraction of sp³-hybridized carbons (Fsp3) is 0.467. The molecule has 0 atom stereocenters. The number of likely N-dealkylation sites (N-methyl/N-ethyl adjacent to an activating group) is 1. The third kappa shape index (κ3) is 8.72. The minimum Gasteiger partial charge on any atom is -0.489 e. The third-order valence-electron chi connectivity index (χ3n) is 6.48. The Balaban J connectivity index is 1.55. The van der Waals surface area contributed by atoms with Gasteiger partial charge in [-0.2, -0.15) is 0 Å². The molecule has 7 heteroatoms. The van der Waals surface area contributed by atoms with Crippen LogP contribution in [0.5, 0.6) is 17.2 Å². The number of Topliss-reactive ketones (excluding diaryl/α,β-unsaturated/α-hetero) is 1. The van der Waals surface area contributed by atoms with Gasteiger partial charge in [-0.15, -0.1) is 6.58 Å². The number of carbonyl (C=O) groups excluding carboxylic acids is 2. The zero-order valence-corrected chi connectivity index (χ0v) is 22.5. The third-order valence-corrected chi connectivity index (χ3v) is 6.48. The average Bonchev–Trinajstić information content (AvgIpc) is 2.90. The van der Waals surface area contributed by atoms with Crippen molar-refractivity contribution in [3.63, 3.8) is 0 Å². The predicted octanol–water partition coefficient (Wildman–Crippen LogP) is 4.89. The summed E-state index contributed by atoms with van der Waals surface area (Å²) in [5, 5.41) is 0. The van der Waals surface area contributed by atoms with Gasteiger partial charge in [0.15, 0.2) is 23.8 Å². The average molecular weight is 510 g/mol. The summed E-state index contributed by atoms with van der Waals surface area (Å²) in [7, 11) is 4.20. The van der Waals surface area contributed by atoms with Gasteiger partial charge in [-0.25, -0.2) is 0 Å².